The maximum Gasteiger partial charge on any atom is 0.326 e. The van der Waals surface area contributed by atoms with Crippen LogP contribution in [0.4, 0.5) is 10.7 Å². The van der Waals surface area contributed by atoms with Crippen molar-refractivity contribution in [1.82, 2.24) is 50.9 Å². The number of ether oxygens (including phenoxy) is 5. The van der Waals surface area contributed by atoms with Crippen molar-refractivity contribution < 1.29 is 43.2 Å². The van der Waals surface area contributed by atoms with Crippen LogP contribution in [0, 0.1) is 0 Å². The molecule has 0 aliphatic rings. The summed E-state index contributed by atoms with van der Waals surface area (Å²) in [6, 6.07) is 6.65. The van der Waals surface area contributed by atoms with Crippen LogP contribution in [0.15, 0.2) is 36.8 Å². The van der Waals surface area contributed by atoms with Crippen LogP contribution in [0.25, 0.3) is 11.2 Å². The molecule has 1 aromatic carbocycles. The zero-order valence-corrected chi connectivity index (χ0v) is 31.7. The molecular formula is C36H53N11O9. The van der Waals surface area contributed by atoms with Crippen LogP contribution >= 0.6 is 0 Å². The second kappa shape index (κ2) is 24.9. The van der Waals surface area contributed by atoms with Crippen molar-refractivity contribution in [3.63, 3.8) is 0 Å². The number of anilines is 1. The second-order valence-electron chi connectivity index (χ2n) is 12.7. The molecule has 4 aromatic rings. The first-order valence-electron chi connectivity index (χ1n) is 18.7. The largest absolute Gasteiger partial charge is 0.480 e. The normalized spacial score (nSPS) is 11.7. The first-order chi connectivity index (χ1) is 27.3. The van der Waals surface area contributed by atoms with Crippen LogP contribution in [0.1, 0.15) is 62.3 Å². The van der Waals surface area contributed by atoms with Gasteiger partial charge in [-0.05, 0) is 43.2 Å². The molecule has 3 amide bonds. The number of carbonyl (C=O) groups is 3. The van der Waals surface area contributed by atoms with Gasteiger partial charge in [0.2, 0.25) is 17.7 Å². The molecule has 0 aliphatic heterocycles. The first kappa shape index (κ1) is 43.3. The van der Waals surface area contributed by atoms with Gasteiger partial charge < -0.3 is 55.5 Å². The van der Waals surface area contributed by atoms with Crippen LogP contribution < -0.4 is 26.4 Å². The predicted octanol–water partition coefficient (Wildman–Crippen LogP) is 2.10. The highest BCUT2D eigenvalue weighted by molar-refractivity contribution is 5.82. The van der Waals surface area contributed by atoms with Crippen LogP contribution in [0.5, 0.6) is 5.88 Å². The molecule has 0 saturated heterocycles. The summed E-state index contributed by atoms with van der Waals surface area (Å²) in [5.41, 5.74) is 9.58. The molecule has 0 spiro atoms. The number of nitrogens with one attached hydrogen (secondary N) is 4. The lowest BCUT2D eigenvalue weighted by molar-refractivity contribution is -0.139. The number of carbonyl (C=O) groups excluding carboxylic acids is 2. The molecule has 0 bridgehead atoms. The minimum atomic E-state index is -1.04. The van der Waals surface area contributed by atoms with Crippen molar-refractivity contribution in [2.24, 2.45) is 0 Å². The van der Waals surface area contributed by atoms with Crippen molar-refractivity contribution in [3.8, 4) is 5.88 Å². The van der Waals surface area contributed by atoms with E-state index in [1.807, 2.05) is 31.2 Å². The van der Waals surface area contributed by atoms with E-state index in [9.17, 15) is 14.4 Å². The standard InChI is InChI=1S/C36H53N11O9/c1-2-6-29(34(49)50)42-36(51)39-13-3-4-15-47-21-28(45-46-47)23-53-19-20-55-25-54-16-5-7-30(48)38-14-18-52-17-12-26-8-10-27(11-9-26)22-56-33-31-32(41-24-40-31)43-35(37)44-33/h8-11,21,24,29H,2-7,12-20,22-23,25H2,1H3,(H,38,48)(H,49,50)(H2,39,42,51)(H3,37,40,41,43,44)/t29-/m0/s1. The summed E-state index contributed by atoms with van der Waals surface area (Å²) in [5.74, 6) is -0.657. The Kier molecular flexibility index (Phi) is 19.2. The molecule has 20 nitrogen and oxygen atoms in total. The van der Waals surface area contributed by atoms with E-state index in [1.165, 1.54) is 6.33 Å². The third kappa shape index (κ3) is 16.5. The Morgan fingerprint density at radius 3 is 2.54 bits per heavy atom. The van der Waals surface area contributed by atoms with E-state index in [4.69, 9.17) is 34.5 Å². The van der Waals surface area contributed by atoms with Crippen molar-refractivity contribution in [2.75, 3.05) is 58.7 Å². The van der Waals surface area contributed by atoms with Gasteiger partial charge in [-0.3, -0.25) is 9.48 Å². The van der Waals surface area contributed by atoms with Crippen LogP contribution in [-0.4, -0.2) is 117 Å². The fraction of sp³-hybridized carbons (Fsp3) is 0.556. The lowest BCUT2D eigenvalue weighted by Crippen LogP contribution is -2.46. The lowest BCUT2D eigenvalue weighted by Gasteiger charge is -2.14. The van der Waals surface area contributed by atoms with Gasteiger partial charge in [0.25, 0.3) is 0 Å². The molecule has 3 heterocycles. The van der Waals surface area contributed by atoms with Gasteiger partial charge in [0.05, 0.1) is 45.6 Å². The number of hydrogen-bond donors (Lipinski definition) is 6. The number of urea groups is 1. The summed E-state index contributed by atoms with van der Waals surface area (Å²) < 4.78 is 29.6. The number of rotatable bonds is 29. The van der Waals surface area contributed by atoms with E-state index in [-0.39, 0.29) is 18.6 Å². The number of imidazole rings is 1. The number of aliphatic carboxylic acids is 1. The number of nitrogen functional groups attached to an aromatic ring is 1. The molecule has 0 saturated carbocycles. The molecule has 0 radical (unpaired) electrons. The Morgan fingerprint density at radius 1 is 0.911 bits per heavy atom. The fourth-order valence-corrected chi connectivity index (χ4v) is 5.20. The summed E-state index contributed by atoms with van der Waals surface area (Å²) in [7, 11) is 0. The summed E-state index contributed by atoms with van der Waals surface area (Å²) in [5, 5.41) is 25.3. The Labute approximate surface area is 324 Å². The Balaban J connectivity index is 0.900. The van der Waals surface area contributed by atoms with Crippen LogP contribution in [-0.2, 0) is 54.7 Å². The highest BCUT2D eigenvalue weighted by atomic mass is 16.7. The molecule has 1 atom stereocenters. The molecular weight excluding hydrogens is 730 g/mol. The van der Waals surface area contributed by atoms with Crippen LogP contribution in [0.2, 0.25) is 0 Å². The third-order valence-electron chi connectivity index (χ3n) is 8.11. The van der Waals surface area contributed by atoms with Gasteiger partial charge in [-0.2, -0.15) is 9.97 Å². The van der Waals surface area contributed by atoms with Gasteiger partial charge in [0, 0.05) is 32.7 Å². The topological polar surface area (TPSA) is 265 Å². The minimum Gasteiger partial charge on any atom is -0.480 e. The summed E-state index contributed by atoms with van der Waals surface area (Å²) >= 11 is 0. The number of aromatic amines is 1. The van der Waals surface area contributed by atoms with Crippen molar-refractivity contribution in [1.29, 1.82) is 0 Å². The number of carboxylic acid groups (broad SMARTS) is 1. The predicted molar refractivity (Wildman–Crippen MR) is 202 cm³/mol. The van der Waals surface area contributed by atoms with E-state index in [2.05, 4.69) is 46.2 Å². The number of nitrogens with zero attached hydrogens (tertiary/aromatic N) is 6. The van der Waals surface area contributed by atoms with Crippen molar-refractivity contribution in [2.45, 2.75) is 77.7 Å². The van der Waals surface area contributed by atoms with Crippen LogP contribution in [0.3, 0.4) is 0 Å². The van der Waals surface area contributed by atoms with Crippen molar-refractivity contribution >= 4 is 35.0 Å². The van der Waals surface area contributed by atoms with Gasteiger partial charge >= 0.3 is 12.0 Å². The van der Waals surface area contributed by atoms with Gasteiger partial charge in [0.15, 0.2) is 11.2 Å². The zero-order valence-electron chi connectivity index (χ0n) is 31.7. The number of amides is 3. The quantitative estimate of drug-likeness (QED) is 0.0340. The second-order valence-corrected chi connectivity index (χ2v) is 12.7. The SMILES string of the molecule is CCC[C@H](NC(=O)NCCCCn1cc(COCCOCOCCCC(=O)NCCOCCc2ccc(COc3nc(N)nc4[nH]cnc34)cc2)nn1)C(=O)O. The number of benzene rings is 1. The number of hydrogen-bond acceptors (Lipinski definition) is 14. The van der Waals surface area contributed by atoms with E-state index in [1.54, 1.807) is 10.9 Å². The highest BCUT2D eigenvalue weighted by Crippen LogP contribution is 2.21. The number of nitrogens with two attached hydrogens (primary N) is 1. The molecule has 7 N–H and O–H groups in total. The van der Waals surface area contributed by atoms with E-state index in [0.717, 1.165) is 24.0 Å². The maximum atomic E-state index is 12.1. The fourth-order valence-electron chi connectivity index (χ4n) is 5.20. The third-order valence-corrected chi connectivity index (χ3v) is 8.11. The molecule has 3 aromatic heterocycles. The number of unbranched alkanes of at least 4 members (excludes halogenated alkanes) is 1. The minimum absolute atomic E-state index is 0.0598. The Morgan fingerprint density at radius 2 is 1.71 bits per heavy atom. The average molecular weight is 784 g/mol. The monoisotopic (exact) mass is 783 g/mol. The summed E-state index contributed by atoms with van der Waals surface area (Å²) in [4.78, 5) is 50.4. The molecule has 56 heavy (non-hydrogen) atoms. The lowest BCUT2D eigenvalue weighted by atomic mass is 10.1. The maximum absolute atomic E-state index is 12.1. The highest BCUT2D eigenvalue weighted by Gasteiger charge is 2.18. The van der Waals surface area contributed by atoms with Crippen molar-refractivity contribution in [3.05, 3.63) is 53.6 Å². The first-order valence-corrected chi connectivity index (χ1v) is 18.7. The summed E-state index contributed by atoms with van der Waals surface area (Å²) in [6.45, 7) is 6.11. The van der Waals surface area contributed by atoms with Gasteiger partial charge in [-0.1, -0.05) is 42.8 Å². The molecule has 0 aliphatic carbocycles. The smallest absolute Gasteiger partial charge is 0.326 e. The van der Waals surface area contributed by atoms with Gasteiger partial charge in [-0.15, -0.1) is 5.10 Å². The molecule has 4 rings (SSSR count). The number of carboxylic acids is 1. The summed E-state index contributed by atoms with van der Waals surface area (Å²) in [6.07, 6.45) is 7.48. The van der Waals surface area contributed by atoms with Gasteiger partial charge in [0.1, 0.15) is 25.1 Å². The zero-order chi connectivity index (χ0) is 39.8. The molecule has 0 fully saturated rings. The number of fused-ring (bicyclic) bond motifs is 1. The number of H-pyrrole nitrogens is 1. The average Bonchev–Trinajstić information content (AvgIpc) is 3.85. The molecule has 20 heteroatoms. The Bertz CT molecular complexity index is 1750. The van der Waals surface area contributed by atoms with E-state index >= 15 is 0 Å². The molecule has 306 valence electrons. The Hall–Kier alpha value is -5.44. The number of aryl methyl sites for hydroxylation is 1. The van der Waals surface area contributed by atoms with E-state index in [0.29, 0.717) is 121 Å². The molecule has 0 unspecified atom stereocenters. The van der Waals surface area contributed by atoms with E-state index < -0.39 is 18.0 Å². The van der Waals surface area contributed by atoms with Gasteiger partial charge in [-0.25, -0.2) is 14.6 Å². The number of aromatic nitrogens is 7.